The number of carbonyl (C=O) groups is 1. The minimum Gasteiger partial charge on any atom is -0.457 e. The molecule has 0 saturated carbocycles. The fourth-order valence-corrected chi connectivity index (χ4v) is 3.23. The monoisotopic (exact) mass is 407 g/mol. The SMILES string of the molecule is Nc1ccn([C@@H]2CO[C@H](COC(=O)c3ccccc3Cc3ccccc3)O2)c(=O)n1. The number of anilines is 1. The van der Waals surface area contributed by atoms with Crippen LogP contribution in [0.2, 0.25) is 0 Å². The van der Waals surface area contributed by atoms with Gasteiger partial charge in [0, 0.05) is 6.20 Å². The number of hydrogen-bond acceptors (Lipinski definition) is 7. The Kier molecular flexibility index (Phi) is 5.87. The van der Waals surface area contributed by atoms with Crippen molar-refractivity contribution >= 4 is 11.8 Å². The second-order valence-electron chi connectivity index (χ2n) is 6.81. The van der Waals surface area contributed by atoms with Crippen molar-refractivity contribution in [1.82, 2.24) is 9.55 Å². The van der Waals surface area contributed by atoms with Crippen LogP contribution in [0.1, 0.15) is 27.7 Å². The Morgan fingerprint density at radius 1 is 1.13 bits per heavy atom. The molecule has 1 saturated heterocycles. The average Bonchev–Trinajstić information content (AvgIpc) is 3.22. The van der Waals surface area contributed by atoms with Crippen molar-refractivity contribution in [2.75, 3.05) is 18.9 Å². The molecule has 2 atom stereocenters. The minimum absolute atomic E-state index is 0.0911. The summed E-state index contributed by atoms with van der Waals surface area (Å²) in [5, 5.41) is 0. The van der Waals surface area contributed by atoms with Crippen LogP contribution in [-0.4, -0.2) is 35.0 Å². The highest BCUT2D eigenvalue weighted by molar-refractivity contribution is 5.91. The standard InChI is InChI=1S/C22H21N3O5/c23-18-10-11-25(22(27)24-18)19-13-28-20(30-19)14-29-21(26)17-9-5-4-8-16(17)12-15-6-2-1-3-7-15/h1-11,19-20H,12-14H2,(H2,23,24,27)/t19-,20-/m0/s1. The van der Waals surface area contributed by atoms with E-state index in [2.05, 4.69) is 4.98 Å². The number of rotatable bonds is 6. The first kappa shape index (κ1) is 19.8. The first-order valence-corrected chi connectivity index (χ1v) is 9.51. The van der Waals surface area contributed by atoms with Gasteiger partial charge >= 0.3 is 11.7 Å². The molecule has 0 spiro atoms. The van der Waals surface area contributed by atoms with Gasteiger partial charge in [-0.3, -0.25) is 4.57 Å². The van der Waals surface area contributed by atoms with E-state index in [-0.39, 0.29) is 19.0 Å². The molecule has 30 heavy (non-hydrogen) atoms. The Labute approximate surface area is 172 Å². The van der Waals surface area contributed by atoms with Gasteiger partial charge in [0.05, 0.1) is 12.2 Å². The maximum Gasteiger partial charge on any atom is 0.351 e. The molecular formula is C22H21N3O5. The highest BCUT2D eigenvalue weighted by atomic mass is 16.7. The Morgan fingerprint density at radius 2 is 1.90 bits per heavy atom. The molecule has 8 heteroatoms. The van der Waals surface area contributed by atoms with Crippen LogP contribution in [0.15, 0.2) is 71.7 Å². The first-order chi connectivity index (χ1) is 14.6. The molecule has 1 aliphatic rings. The third-order valence-electron chi connectivity index (χ3n) is 4.72. The Balaban J connectivity index is 1.37. The summed E-state index contributed by atoms with van der Waals surface area (Å²) < 4.78 is 17.9. The van der Waals surface area contributed by atoms with Crippen LogP contribution in [-0.2, 0) is 20.6 Å². The molecule has 154 valence electrons. The zero-order valence-corrected chi connectivity index (χ0v) is 16.1. The lowest BCUT2D eigenvalue weighted by atomic mass is 10.00. The summed E-state index contributed by atoms with van der Waals surface area (Å²) in [5.41, 5.74) is 7.44. The molecule has 1 aliphatic heterocycles. The van der Waals surface area contributed by atoms with Gasteiger partial charge in [-0.2, -0.15) is 4.98 Å². The number of hydrogen-bond donors (Lipinski definition) is 1. The van der Waals surface area contributed by atoms with Gasteiger partial charge in [0.2, 0.25) is 0 Å². The van der Waals surface area contributed by atoms with Crippen LogP contribution in [0.25, 0.3) is 0 Å². The average molecular weight is 407 g/mol. The highest BCUT2D eigenvalue weighted by Gasteiger charge is 2.29. The molecule has 0 bridgehead atoms. The van der Waals surface area contributed by atoms with Crippen LogP contribution in [0, 0.1) is 0 Å². The van der Waals surface area contributed by atoms with E-state index in [4.69, 9.17) is 19.9 Å². The van der Waals surface area contributed by atoms with E-state index in [0.29, 0.717) is 12.0 Å². The molecule has 0 unspecified atom stereocenters. The van der Waals surface area contributed by atoms with Crippen molar-refractivity contribution in [2.45, 2.75) is 18.9 Å². The second-order valence-corrected chi connectivity index (χ2v) is 6.81. The summed E-state index contributed by atoms with van der Waals surface area (Å²) in [6.07, 6.45) is 0.689. The molecule has 1 fully saturated rings. The molecule has 3 aromatic rings. The zero-order chi connectivity index (χ0) is 20.9. The number of nitrogens with zero attached hydrogens (tertiary/aromatic N) is 2. The lowest BCUT2D eigenvalue weighted by Gasteiger charge is -2.14. The normalized spacial score (nSPS) is 18.3. The smallest absolute Gasteiger partial charge is 0.351 e. The molecule has 0 amide bonds. The van der Waals surface area contributed by atoms with Crippen molar-refractivity contribution < 1.29 is 19.0 Å². The number of nitrogens with two attached hydrogens (primary N) is 1. The van der Waals surface area contributed by atoms with Gasteiger partial charge < -0.3 is 19.9 Å². The maximum absolute atomic E-state index is 12.6. The van der Waals surface area contributed by atoms with E-state index in [1.807, 2.05) is 42.5 Å². The third kappa shape index (κ3) is 4.56. The van der Waals surface area contributed by atoms with Gasteiger partial charge in [-0.05, 0) is 29.7 Å². The first-order valence-electron chi connectivity index (χ1n) is 9.51. The molecule has 0 radical (unpaired) electrons. The van der Waals surface area contributed by atoms with Crippen molar-refractivity contribution in [3.8, 4) is 0 Å². The van der Waals surface area contributed by atoms with E-state index in [0.717, 1.165) is 11.1 Å². The number of carbonyl (C=O) groups excluding carboxylic acids is 1. The van der Waals surface area contributed by atoms with Gasteiger partial charge in [0.25, 0.3) is 0 Å². The lowest BCUT2D eigenvalue weighted by Crippen LogP contribution is -2.29. The maximum atomic E-state index is 12.6. The fourth-order valence-electron chi connectivity index (χ4n) is 3.23. The number of ether oxygens (including phenoxy) is 3. The van der Waals surface area contributed by atoms with Crippen LogP contribution in [0.4, 0.5) is 5.82 Å². The lowest BCUT2D eigenvalue weighted by molar-refractivity contribution is -0.103. The van der Waals surface area contributed by atoms with E-state index in [1.54, 1.807) is 12.1 Å². The Morgan fingerprint density at radius 3 is 2.70 bits per heavy atom. The summed E-state index contributed by atoms with van der Waals surface area (Å²) in [5.74, 6) is -0.321. The predicted molar refractivity (Wildman–Crippen MR) is 109 cm³/mol. The predicted octanol–water partition coefficient (Wildman–Crippen LogP) is 2.14. The minimum atomic E-state index is -0.773. The molecule has 4 rings (SSSR count). The second kappa shape index (κ2) is 8.89. The largest absolute Gasteiger partial charge is 0.457 e. The zero-order valence-electron chi connectivity index (χ0n) is 16.1. The van der Waals surface area contributed by atoms with Gasteiger partial charge in [-0.1, -0.05) is 48.5 Å². The molecule has 2 heterocycles. The van der Waals surface area contributed by atoms with Crippen molar-refractivity contribution in [3.63, 3.8) is 0 Å². The summed E-state index contributed by atoms with van der Waals surface area (Å²) in [7, 11) is 0. The third-order valence-corrected chi connectivity index (χ3v) is 4.72. The molecular weight excluding hydrogens is 386 g/mol. The van der Waals surface area contributed by atoms with Crippen LogP contribution in [0.3, 0.4) is 0 Å². The number of aromatic nitrogens is 2. The summed E-state index contributed by atoms with van der Waals surface area (Å²) in [6, 6.07) is 18.7. The van der Waals surface area contributed by atoms with Crippen LogP contribution < -0.4 is 11.4 Å². The van der Waals surface area contributed by atoms with E-state index < -0.39 is 24.2 Å². The van der Waals surface area contributed by atoms with Crippen LogP contribution in [0.5, 0.6) is 0 Å². The van der Waals surface area contributed by atoms with Gasteiger partial charge in [0.15, 0.2) is 12.5 Å². The molecule has 2 aromatic carbocycles. The molecule has 1 aromatic heterocycles. The summed E-state index contributed by atoms with van der Waals surface area (Å²) in [4.78, 5) is 28.2. The Bertz CT molecular complexity index is 1080. The molecule has 8 nitrogen and oxygen atoms in total. The topological polar surface area (TPSA) is 106 Å². The van der Waals surface area contributed by atoms with Crippen molar-refractivity contribution in [2.24, 2.45) is 0 Å². The highest BCUT2D eigenvalue weighted by Crippen LogP contribution is 2.21. The Hall–Kier alpha value is -3.49. The fraction of sp³-hybridized carbons (Fsp3) is 0.227. The molecule has 0 aliphatic carbocycles. The van der Waals surface area contributed by atoms with Crippen molar-refractivity contribution in [1.29, 1.82) is 0 Å². The van der Waals surface area contributed by atoms with E-state index in [9.17, 15) is 9.59 Å². The summed E-state index contributed by atoms with van der Waals surface area (Å²) in [6.45, 7) is 0.0461. The van der Waals surface area contributed by atoms with Crippen molar-refractivity contribution in [3.05, 3.63) is 94.0 Å². The summed E-state index contributed by atoms with van der Waals surface area (Å²) >= 11 is 0. The quantitative estimate of drug-likeness (QED) is 0.624. The van der Waals surface area contributed by atoms with E-state index in [1.165, 1.54) is 16.8 Å². The van der Waals surface area contributed by atoms with Crippen LogP contribution >= 0.6 is 0 Å². The number of esters is 1. The molecule has 2 N–H and O–H groups in total. The van der Waals surface area contributed by atoms with Gasteiger partial charge in [-0.25, -0.2) is 9.59 Å². The number of nitrogen functional groups attached to an aromatic ring is 1. The van der Waals surface area contributed by atoms with Gasteiger partial charge in [-0.15, -0.1) is 0 Å². The van der Waals surface area contributed by atoms with E-state index >= 15 is 0 Å². The van der Waals surface area contributed by atoms with Gasteiger partial charge in [0.1, 0.15) is 12.4 Å². The number of benzene rings is 2.